The Balaban J connectivity index is 4.01. The average molecular weight is 726 g/mol. The van der Waals surface area contributed by atoms with Gasteiger partial charge < -0.3 is 24.2 Å². The lowest BCUT2D eigenvalue weighted by Crippen LogP contribution is -2.29. The molecule has 0 aliphatic rings. The summed E-state index contributed by atoms with van der Waals surface area (Å²) in [6.45, 7) is 12.8. The maximum atomic E-state index is 12.7. The fraction of sp³-hybridized carbons (Fsp3) is 0.955. The summed E-state index contributed by atoms with van der Waals surface area (Å²) in [6, 6.07) is 0. The summed E-state index contributed by atoms with van der Waals surface area (Å²) in [4.78, 5) is 27.2. The molecule has 0 aliphatic carbocycles. The van der Waals surface area contributed by atoms with Crippen LogP contribution in [0, 0.1) is 0 Å². The number of hydrogen-bond acceptors (Lipinski definition) is 7. The van der Waals surface area contributed by atoms with Gasteiger partial charge in [0.1, 0.15) is 12.2 Å². The van der Waals surface area contributed by atoms with Crippen LogP contribution in [0.1, 0.15) is 220 Å². The third-order valence-corrected chi connectivity index (χ3v) is 10.0. The van der Waals surface area contributed by atoms with E-state index in [2.05, 4.69) is 25.7 Å². The minimum absolute atomic E-state index is 0.00550. The first-order valence-corrected chi connectivity index (χ1v) is 22.3. The molecule has 0 bridgehead atoms. The van der Waals surface area contributed by atoms with Gasteiger partial charge in [-0.1, -0.05) is 143 Å². The fourth-order valence-electron chi connectivity index (χ4n) is 6.76. The van der Waals surface area contributed by atoms with Crippen LogP contribution in [0.15, 0.2) is 0 Å². The van der Waals surface area contributed by atoms with E-state index in [0.717, 1.165) is 103 Å². The highest BCUT2D eigenvalue weighted by Crippen LogP contribution is 2.18. The van der Waals surface area contributed by atoms with Gasteiger partial charge in [-0.2, -0.15) is 0 Å². The van der Waals surface area contributed by atoms with Gasteiger partial charge in [0.05, 0.1) is 13.2 Å². The van der Waals surface area contributed by atoms with Crippen molar-refractivity contribution in [1.82, 2.24) is 4.90 Å². The first-order chi connectivity index (χ1) is 25.0. The molecular formula is C44H87NO6. The maximum Gasteiger partial charge on any atom is 0.306 e. The fourth-order valence-corrected chi connectivity index (χ4v) is 6.76. The minimum atomic E-state index is -0.187. The lowest BCUT2D eigenvalue weighted by Gasteiger charge is -2.21. The second-order valence-corrected chi connectivity index (χ2v) is 15.3. The number of unbranched alkanes of at least 4 members (excludes halogenated alkanes) is 21. The molecule has 0 saturated carbocycles. The number of carbonyl (C=O) groups excluding carboxylic acids is 2. The van der Waals surface area contributed by atoms with Crippen molar-refractivity contribution in [2.75, 3.05) is 39.5 Å². The summed E-state index contributed by atoms with van der Waals surface area (Å²) in [5.74, 6) is -0.116. The lowest BCUT2D eigenvalue weighted by atomic mass is 10.0. The average Bonchev–Trinajstić information content (AvgIpc) is 3.11. The highest BCUT2D eigenvalue weighted by atomic mass is 16.6. The quantitative estimate of drug-likeness (QED) is 0.0496. The highest BCUT2D eigenvalue weighted by Gasteiger charge is 2.15. The normalized spacial score (nSPS) is 12.2. The molecule has 1 atom stereocenters. The Morgan fingerprint density at radius 2 is 0.922 bits per heavy atom. The molecule has 0 aromatic rings. The highest BCUT2D eigenvalue weighted by molar-refractivity contribution is 5.69. The summed E-state index contributed by atoms with van der Waals surface area (Å²) in [6.07, 6.45) is 33.9. The van der Waals surface area contributed by atoms with Crippen LogP contribution >= 0.6 is 0 Å². The molecule has 0 fully saturated rings. The summed E-state index contributed by atoms with van der Waals surface area (Å²) in [7, 11) is 0. The van der Waals surface area contributed by atoms with E-state index < -0.39 is 0 Å². The van der Waals surface area contributed by atoms with E-state index in [1.807, 2.05) is 6.92 Å². The summed E-state index contributed by atoms with van der Waals surface area (Å²) in [5.41, 5.74) is 0. The van der Waals surface area contributed by atoms with E-state index in [1.54, 1.807) is 0 Å². The zero-order valence-corrected chi connectivity index (χ0v) is 34.5. The van der Waals surface area contributed by atoms with Gasteiger partial charge in [0, 0.05) is 26.0 Å². The smallest absolute Gasteiger partial charge is 0.306 e. The Morgan fingerprint density at radius 3 is 1.41 bits per heavy atom. The third kappa shape index (κ3) is 36.9. The van der Waals surface area contributed by atoms with E-state index in [9.17, 15) is 14.7 Å². The van der Waals surface area contributed by atoms with Crippen LogP contribution in [-0.4, -0.2) is 73.6 Å². The predicted octanol–water partition coefficient (Wildman–Crippen LogP) is 11.9. The molecular weight excluding hydrogens is 638 g/mol. The van der Waals surface area contributed by atoms with Crippen LogP contribution in [-0.2, 0) is 23.8 Å². The van der Waals surface area contributed by atoms with Gasteiger partial charge in [-0.15, -0.1) is 0 Å². The van der Waals surface area contributed by atoms with E-state index in [-0.39, 0.29) is 30.8 Å². The topological polar surface area (TPSA) is 85.3 Å². The Kier molecular flexibility index (Phi) is 39.1. The van der Waals surface area contributed by atoms with Crippen LogP contribution in [0.2, 0.25) is 0 Å². The molecule has 7 nitrogen and oxygen atoms in total. The molecule has 1 unspecified atom stereocenters. The Bertz CT molecular complexity index is 718. The number of aliphatic hydroxyl groups is 1. The van der Waals surface area contributed by atoms with Crippen molar-refractivity contribution >= 4 is 11.9 Å². The van der Waals surface area contributed by atoms with Crippen molar-refractivity contribution < 1.29 is 28.9 Å². The van der Waals surface area contributed by atoms with E-state index in [4.69, 9.17) is 14.2 Å². The second-order valence-electron chi connectivity index (χ2n) is 15.3. The first kappa shape index (κ1) is 49.8. The van der Waals surface area contributed by atoms with Gasteiger partial charge >= 0.3 is 11.9 Å². The second kappa shape index (κ2) is 40.0. The molecule has 0 rings (SSSR count). The van der Waals surface area contributed by atoms with Crippen LogP contribution in [0.25, 0.3) is 0 Å². The van der Waals surface area contributed by atoms with Gasteiger partial charge in [-0.25, -0.2) is 0 Å². The number of hydrogen-bond donors (Lipinski definition) is 1. The van der Waals surface area contributed by atoms with Crippen LogP contribution in [0.3, 0.4) is 0 Å². The molecule has 0 aliphatic heterocycles. The number of esters is 2. The summed E-state index contributed by atoms with van der Waals surface area (Å²) in [5, 5.41) is 9.55. The SMILES string of the molecule is CCCCCCCCC(CCCCCCCC)OC(=O)CCCCCCCN(CCO)CCCCCCC(=O)OC(C)COCCCCCCC. The van der Waals surface area contributed by atoms with Gasteiger partial charge in [0.2, 0.25) is 0 Å². The zero-order valence-electron chi connectivity index (χ0n) is 34.5. The minimum Gasteiger partial charge on any atom is -0.462 e. The maximum absolute atomic E-state index is 12.7. The number of ether oxygens (including phenoxy) is 3. The van der Waals surface area contributed by atoms with Crippen molar-refractivity contribution in [1.29, 1.82) is 0 Å². The van der Waals surface area contributed by atoms with Crippen molar-refractivity contribution in [2.45, 2.75) is 233 Å². The predicted molar refractivity (Wildman–Crippen MR) is 215 cm³/mol. The molecule has 7 heteroatoms. The third-order valence-electron chi connectivity index (χ3n) is 10.0. The van der Waals surface area contributed by atoms with Gasteiger partial charge in [0.25, 0.3) is 0 Å². The molecule has 0 aromatic heterocycles. The van der Waals surface area contributed by atoms with Crippen molar-refractivity contribution in [3.63, 3.8) is 0 Å². The Morgan fingerprint density at radius 1 is 0.510 bits per heavy atom. The zero-order chi connectivity index (χ0) is 37.5. The van der Waals surface area contributed by atoms with Crippen molar-refractivity contribution in [3.8, 4) is 0 Å². The van der Waals surface area contributed by atoms with Gasteiger partial charge in [0.15, 0.2) is 0 Å². The molecule has 0 radical (unpaired) electrons. The van der Waals surface area contributed by atoms with Crippen molar-refractivity contribution in [2.24, 2.45) is 0 Å². The summed E-state index contributed by atoms with van der Waals surface area (Å²) < 4.78 is 17.2. The molecule has 0 aromatic carbocycles. The largest absolute Gasteiger partial charge is 0.462 e. The van der Waals surface area contributed by atoms with Crippen LogP contribution < -0.4 is 0 Å². The number of aliphatic hydroxyl groups excluding tert-OH is 1. The van der Waals surface area contributed by atoms with Crippen LogP contribution in [0.5, 0.6) is 0 Å². The van der Waals surface area contributed by atoms with E-state index in [1.165, 1.54) is 103 Å². The molecule has 0 spiro atoms. The monoisotopic (exact) mass is 726 g/mol. The molecule has 304 valence electrons. The standard InChI is InChI=1S/C44H87NO6/c1-5-8-11-14-17-24-31-42(32-25-18-15-12-9-6-2)51-44(48)34-26-19-16-21-28-35-45(37-38-46)36-29-22-20-27-33-43(47)50-41(4)40-49-39-30-23-13-10-7-3/h41-42,46H,5-40H2,1-4H3. The van der Waals surface area contributed by atoms with Gasteiger partial charge in [-0.3, -0.25) is 9.59 Å². The molecule has 1 N–H and O–H groups in total. The van der Waals surface area contributed by atoms with Crippen molar-refractivity contribution in [3.05, 3.63) is 0 Å². The number of carbonyl (C=O) groups is 2. The van der Waals surface area contributed by atoms with E-state index >= 15 is 0 Å². The Hall–Kier alpha value is -1.18. The Labute approximate surface area is 317 Å². The summed E-state index contributed by atoms with van der Waals surface area (Å²) >= 11 is 0. The lowest BCUT2D eigenvalue weighted by molar-refractivity contribution is -0.151. The van der Waals surface area contributed by atoms with Gasteiger partial charge in [-0.05, 0) is 77.8 Å². The first-order valence-electron chi connectivity index (χ1n) is 22.3. The molecule has 0 amide bonds. The van der Waals surface area contributed by atoms with Crippen LogP contribution in [0.4, 0.5) is 0 Å². The van der Waals surface area contributed by atoms with E-state index in [0.29, 0.717) is 19.4 Å². The number of nitrogens with zero attached hydrogens (tertiary/aromatic N) is 1. The molecule has 0 heterocycles. The number of rotatable bonds is 41. The molecule has 0 saturated heterocycles. The molecule has 51 heavy (non-hydrogen) atoms.